The third-order valence-electron chi connectivity index (χ3n) is 3.91. The number of nitrogens with zero attached hydrogens (tertiary/aromatic N) is 1. The zero-order valence-corrected chi connectivity index (χ0v) is 13.3. The second-order valence-corrected chi connectivity index (χ2v) is 5.57. The maximum atomic E-state index is 6.05. The highest BCUT2D eigenvalue weighted by atomic mass is 16.5. The largest absolute Gasteiger partial charge is 0.497 e. The lowest BCUT2D eigenvalue weighted by Gasteiger charge is -2.40. The number of benzene rings is 1. The zero-order chi connectivity index (χ0) is 15.4. The number of hydrogen-bond donors (Lipinski definition) is 1. The number of ether oxygens (including phenoxy) is 3. The molecule has 21 heavy (non-hydrogen) atoms. The normalized spacial score (nSPS) is 24.6. The quantitative estimate of drug-likeness (QED) is 0.897. The van der Waals surface area contributed by atoms with E-state index in [1.165, 1.54) is 0 Å². The van der Waals surface area contributed by atoms with Crippen molar-refractivity contribution in [3.05, 3.63) is 23.8 Å². The number of nitrogens with two attached hydrogens (primary N) is 1. The van der Waals surface area contributed by atoms with Gasteiger partial charge in [-0.25, -0.2) is 0 Å². The van der Waals surface area contributed by atoms with E-state index in [1.807, 2.05) is 18.2 Å². The molecule has 5 nitrogen and oxygen atoms in total. The molecule has 2 rings (SSSR count). The summed E-state index contributed by atoms with van der Waals surface area (Å²) in [5.74, 6) is 1.60. The van der Waals surface area contributed by atoms with Gasteiger partial charge in [-0.05, 0) is 19.9 Å². The van der Waals surface area contributed by atoms with Gasteiger partial charge in [0.2, 0.25) is 0 Å². The van der Waals surface area contributed by atoms with Crippen molar-refractivity contribution in [2.24, 2.45) is 5.73 Å². The van der Waals surface area contributed by atoms with E-state index < -0.39 is 0 Å². The van der Waals surface area contributed by atoms with Crippen LogP contribution in [0.4, 0.5) is 0 Å². The summed E-state index contributed by atoms with van der Waals surface area (Å²) in [7, 11) is 3.33. The molecule has 0 bridgehead atoms. The third-order valence-corrected chi connectivity index (χ3v) is 3.91. The summed E-state index contributed by atoms with van der Waals surface area (Å²) in [6.07, 6.45) is 0.430. The Bertz CT molecular complexity index is 457. The van der Waals surface area contributed by atoms with Gasteiger partial charge in [0, 0.05) is 31.3 Å². The summed E-state index contributed by atoms with van der Waals surface area (Å²) in [6.45, 7) is 6.49. The highest BCUT2D eigenvalue weighted by Crippen LogP contribution is 2.33. The first kappa shape index (κ1) is 16.1. The lowest BCUT2D eigenvalue weighted by atomic mass is 10.0. The maximum Gasteiger partial charge on any atom is 0.127 e. The Labute approximate surface area is 127 Å². The monoisotopic (exact) mass is 294 g/mol. The van der Waals surface area contributed by atoms with Gasteiger partial charge in [-0.3, -0.25) is 4.90 Å². The molecule has 0 radical (unpaired) electrons. The van der Waals surface area contributed by atoms with E-state index in [9.17, 15) is 0 Å². The molecule has 3 atom stereocenters. The van der Waals surface area contributed by atoms with Crippen molar-refractivity contribution >= 4 is 0 Å². The molecule has 1 saturated heterocycles. The first-order chi connectivity index (χ1) is 10.1. The van der Waals surface area contributed by atoms with Crippen molar-refractivity contribution in [1.82, 2.24) is 4.90 Å². The molecule has 1 heterocycles. The SMILES string of the molecule is COc1ccc([C@@H](CN)N2C[C@H](C)O[C@@H](C)C2)c(OC)c1. The molecule has 118 valence electrons. The van der Waals surface area contributed by atoms with E-state index in [0.29, 0.717) is 6.54 Å². The summed E-state index contributed by atoms with van der Waals surface area (Å²) in [5.41, 5.74) is 7.15. The van der Waals surface area contributed by atoms with Gasteiger partial charge < -0.3 is 19.9 Å². The van der Waals surface area contributed by atoms with Gasteiger partial charge >= 0.3 is 0 Å². The fourth-order valence-electron chi connectivity index (χ4n) is 3.04. The van der Waals surface area contributed by atoms with Crippen LogP contribution < -0.4 is 15.2 Å². The van der Waals surface area contributed by atoms with Crippen molar-refractivity contribution in [2.45, 2.75) is 32.1 Å². The van der Waals surface area contributed by atoms with Crippen LogP contribution in [0.2, 0.25) is 0 Å². The Morgan fingerprint density at radius 3 is 2.43 bits per heavy atom. The summed E-state index contributed by atoms with van der Waals surface area (Å²) >= 11 is 0. The average molecular weight is 294 g/mol. The Kier molecular flexibility index (Phi) is 5.45. The van der Waals surface area contributed by atoms with Crippen LogP contribution in [-0.2, 0) is 4.74 Å². The Morgan fingerprint density at radius 1 is 1.24 bits per heavy atom. The molecule has 1 fully saturated rings. The number of rotatable bonds is 5. The lowest BCUT2D eigenvalue weighted by molar-refractivity contribution is -0.0801. The molecule has 0 spiro atoms. The maximum absolute atomic E-state index is 6.05. The molecule has 5 heteroatoms. The molecule has 2 N–H and O–H groups in total. The van der Waals surface area contributed by atoms with Crippen molar-refractivity contribution in [3.8, 4) is 11.5 Å². The van der Waals surface area contributed by atoms with E-state index >= 15 is 0 Å². The molecule has 1 aliphatic heterocycles. The van der Waals surface area contributed by atoms with Crippen LogP contribution in [0.25, 0.3) is 0 Å². The van der Waals surface area contributed by atoms with Crippen molar-refractivity contribution in [1.29, 1.82) is 0 Å². The fraction of sp³-hybridized carbons (Fsp3) is 0.625. The molecule has 0 aliphatic carbocycles. The Morgan fingerprint density at radius 2 is 1.90 bits per heavy atom. The molecular weight excluding hydrogens is 268 g/mol. The van der Waals surface area contributed by atoms with E-state index in [0.717, 1.165) is 30.2 Å². The minimum absolute atomic E-state index is 0.125. The van der Waals surface area contributed by atoms with Crippen LogP contribution >= 0.6 is 0 Å². The summed E-state index contributed by atoms with van der Waals surface area (Å²) in [5, 5.41) is 0. The van der Waals surface area contributed by atoms with E-state index in [1.54, 1.807) is 14.2 Å². The first-order valence-electron chi connectivity index (χ1n) is 7.40. The third kappa shape index (κ3) is 3.67. The molecule has 0 saturated carbocycles. The molecule has 1 aliphatic rings. The smallest absolute Gasteiger partial charge is 0.127 e. The van der Waals surface area contributed by atoms with Crippen molar-refractivity contribution < 1.29 is 14.2 Å². The standard InChI is InChI=1S/C16H26N2O3/c1-11-9-18(10-12(2)21-11)15(8-17)14-6-5-13(19-3)7-16(14)20-4/h5-7,11-12,15H,8-10,17H2,1-4H3/t11-,12-,15+/m0/s1. The molecule has 0 amide bonds. The van der Waals surface area contributed by atoms with Crippen molar-refractivity contribution in [3.63, 3.8) is 0 Å². The second kappa shape index (κ2) is 7.11. The summed E-state index contributed by atoms with van der Waals surface area (Å²) in [6, 6.07) is 6.03. The van der Waals surface area contributed by atoms with Gasteiger partial charge in [0.25, 0.3) is 0 Å². The zero-order valence-electron chi connectivity index (χ0n) is 13.3. The first-order valence-corrected chi connectivity index (χ1v) is 7.40. The molecule has 0 unspecified atom stereocenters. The molecule has 1 aromatic rings. The van der Waals surface area contributed by atoms with Crippen LogP contribution in [0.5, 0.6) is 11.5 Å². The molecule has 1 aromatic carbocycles. The predicted molar refractivity (Wildman–Crippen MR) is 82.9 cm³/mol. The topological polar surface area (TPSA) is 57.0 Å². The molecule has 0 aromatic heterocycles. The van der Waals surface area contributed by atoms with Gasteiger partial charge in [-0.1, -0.05) is 6.07 Å². The van der Waals surface area contributed by atoms with Crippen LogP contribution in [0.1, 0.15) is 25.5 Å². The second-order valence-electron chi connectivity index (χ2n) is 5.57. The highest BCUT2D eigenvalue weighted by Gasteiger charge is 2.29. The van der Waals surface area contributed by atoms with Crippen LogP contribution in [0, 0.1) is 0 Å². The average Bonchev–Trinajstić information content (AvgIpc) is 2.47. The fourth-order valence-corrected chi connectivity index (χ4v) is 3.04. The van der Waals surface area contributed by atoms with Gasteiger partial charge in [0.1, 0.15) is 11.5 Å². The number of morpholine rings is 1. The Balaban J connectivity index is 2.28. The summed E-state index contributed by atoms with van der Waals surface area (Å²) < 4.78 is 16.6. The minimum atomic E-state index is 0.125. The minimum Gasteiger partial charge on any atom is -0.497 e. The van der Waals surface area contributed by atoms with Gasteiger partial charge in [0.05, 0.1) is 32.5 Å². The summed E-state index contributed by atoms with van der Waals surface area (Å²) in [4.78, 5) is 2.38. The van der Waals surface area contributed by atoms with E-state index in [-0.39, 0.29) is 18.2 Å². The van der Waals surface area contributed by atoms with Gasteiger partial charge in [0.15, 0.2) is 0 Å². The lowest BCUT2D eigenvalue weighted by Crippen LogP contribution is -2.48. The number of methoxy groups -OCH3 is 2. The van der Waals surface area contributed by atoms with Crippen molar-refractivity contribution in [2.75, 3.05) is 33.9 Å². The molecular formula is C16H26N2O3. The van der Waals surface area contributed by atoms with E-state index in [4.69, 9.17) is 19.9 Å². The van der Waals surface area contributed by atoms with Gasteiger partial charge in [-0.15, -0.1) is 0 Å². The highest BCUT2D eigenvalue weighted by molar-refractivity contribution is 5.42. The predicted octanol–water partition coefficient (Wildman–Crippen LogP) is 1.81. The van der Waals surface area contributed by atoms with Gasteiger partial charge in [-0.2, -0.15) is 0 Å². The number of hydrogen-bond acceptors (Lipinski definition) is 5. The van der Waals surface area contributed by atoms with Crippen LogP contribution in [0.3, 0.4) is 0 Å². The van der Waals surface area contributed by atoms with Crippen LogP contribution in [0.15, 0.2) is 18.2 Å². The Hall–Kier alpha value is -1.30. The van der Waals surface area contributed by atoms with E-state index in [2.05, 4.69) is 18.7 Å². The van der Waals surface area contributed by atoms with Crippen LogP contribution in [-0.4, -0.2) is 51.0 Å².